The fourth-order valence-electron chi connectivity index (χ4n) is 2.61. The second-order valence-corrected chi connectivity index (χ2v) is 5.93. The Morgan fingerprint density at radius 1 is 0.875 bits per heavy atom. The minimum absolute atomic E-state index is 0.217. The average molecular weight is 364 g/mol. The van der Waals surface area contributed by atoms with Crippen molar-refractivity contribution in [2.45, 2.75) is 58.3 Å². The molecule has 0 radical (unpaired) electrons. The van der Waals surface area contributed by atoms with Crippen LogP contribution in [-0.2, 0) is 20.3 Å². The molecule has 0 bridgehead atoms. The van der Waals surface area contributed by atoms with Crippen LogP contribution in [0.15, 0.2) is 12.1 Å². The van der Waals surface area contributed by atoms with Crippen LogP contribution in [0.4, 0.5) is 13.2 Å². The van der Waals surface area contributed by atoms with E-state index in [1.54, 1.807) is 0 Å². The number of aryl methyl sites for hydroxylation is 1. The number of unbranched alkanes of at least 4 members (excludes halogenated alkanes) is 3. The smallest absolute Gasteiger partial charge is 0.272 e. The van der Waals surface area contributed by atoms with Gasteiger partial charge < -0.3 is 13.9 Å². The molecule has 0 amide bonds. The van der Waals surface area contributed by atoms with E-state index in [2.05, 4.69) is 0 Å². The van der Waals surface area contributed by atoms with Gasteiger partial charge in [-0.25, -0.2) is 13.2 Å². The van der Waals surface area contributed by atoms with Crippen molar-refractivity contribution in [2.24, 2.45) is 0 Å². The van der Waals surface area contributed by atoms with Gasteiger partial charge in [0.1, 0.15) is 5.82 Å². The summed E-state index contributed by atoms with van der Waals surface area (Å²) in [6, 6.07) is 1.54. The van der Waals surface area contributed by atoms with E-state index in [1.165, 1.54) is 0 Å². The van der Waals surface area contributed by atoms with Gasteiger partial charge in [-0.1, -0.05) is 12.8 Å². The van der Waals surface area contributed by atoms with Gasteiger partial charge in [-0.15, -0.1) is 0 Å². The average Bonchev–Trinajstić information content (AvgIpc) is 2.55. The normalized spacial score (nSPS) is 12.0. The van der Waals surface area contributed by atoms with Crippen molar-refractivity contribution in [1.29, 1.82) is 0 Å². The molecule has 0 unspecified atom stereocenters. The Balaban J connectivity index is 2.34. The van der Waals surface area contributed by atoms with Crippen molar-refractivity contribution < 1.29 is 27.1 Å². The van der Waals surface area contributed by atoms with Crippen LogP contribution >= 0.6 is 0 Å². The van der Waals surface area contributed by atoms with Gasteiger partial charge in [0.25, 0.3) is 5.97 Å². The molecular weight excluding hydrogens is 337 g/mol. The van der Waals surface area contributed by atoms with Crippen molar-refractivity contribution in [3.05, 3.63) is 35.1 Å². The Morgan fingerprint density at radius 2 is 1.46 bits per heavy atom. The van der Waals surface area contributed by atoms with Crippen molar-refractivity contribution in [2.75, 3.05) is 13.2 Å². The molecule has 138 valence electrons. The van der Waals surface area contributed by atoms with E-state index < -0.39 is 23.4 Å². The van der Waals surface area contributed by atoms with Crippen molar-refractivity contribution in [3.8, 4) is 0 Å². The molecule has 0 saturated carbocycles. The van der Waals surface area contributed by atoms with E-state index in [-0.39, 0.29) is 5.56 Å². The summed E-state index contributed by atoms with van der Waals surface area (Å²) in [6.45, 7) is 4.81. The predicted octanol–water partition coefficient (Wildman–Crippen LogP) is 3.62. The van der Waals surface area contributed by atoms with Crippen molar-refractivity contribution in [3.63, 3.8) is 0 Å². The lowest BCUT2D eigenvalue weighted by Gasteiger charge is -2.31. The summed E-state index contributed by atoms with van der Waals surface area (Å²) in [7, 11) is 0.517. The number of hydrogen-bond acceptors (Lipinski definition) is 3. The van der Waals surface area contributed by atoms with Gasteiger partial charge in [-0.3, -0.25) is 0 Å². The van der Waals surface area contributed by atoms with Crippen LogP contribution in [0.2, 0.25) is 0 Å². The van der Waals surface area contributed by atoms with E-state index in [9.17, 15) is 13.2 Å². The first-order chi connectivity index (χ1) is 11.5. The fourth-order valence-corrected chi connectivity index (χ4v) is 3.05. The van der Waals surface area contributed by atoms with E-state index in [4.69, 9.17) is 13.9 Å². The summed E-state index contributed by atoms with van der Waals surface area (Å²) in [5.41, 5.74) is 0.217. The van der Waals surface area contributed by atoms with Gasteiger partial charge >= 0.3 is 0 Å². The highest BCUT2D eigenvalue weighted by molar-refractivity contribution is 5.98. The second kappa shape index (κ2) is 10.9. The summed E-state index contributed by atoms with van der Waals surface area (Å²) in [6.07, 6.45) is 4.34. The van der Waals surface area contributed by atoms with Gasteiger partial charge in [0.15, 0.2) is 22.1 Å². The van der Waals surface area contributed by atoms with Crippen LogP contribution in [0, 0.1) is 17.5 Å². The lowest BCUT2D eigenvalue weighted by atomic mass is 10.0. The van der Waals surface area contributed by atoms with Crippen LogP contribution in [-0.4, -0.2) is 29.7 Å². The largest absolute Gasteiger partial charge is 0.380 e. The third-order valence-electron chi connectivity index (χ3n) is 3.81. The quantitative estimate of drug-likeness (QED) is 0.245. The number of rotatable bonds is 12. The molecule has 0 fully saturated rings. The second-order valence-electron chi connectivity index (χ2n) is 5.53. The lowest BCUT2D eigenvalue weighted by molar-refractivity contribution is -0.344. The molecular formula is C17H27F3O3Si. The summed E-state index contributed by atoms with van der Waals surface area (Å²) in [5.74, 6) is -3.79. The molecule has 0 saturated heterocycles. The van der Waals surface area contributed by atoms with Crippen LogP contribution in [0.5, 0.6) is 0 Å². The van der Waals surface area contributed by atoms with E-state index in [0.717, 1.165) is 25.3 Å². The highest BCUT2D eigenvalue weighted by Crippen LogP contribution is 2.23. The van der Waals surface area contributed by atoms with Crippen LogP contribution in [0.25, 0.3) is 0 Å². The monoisotopic (exact) mass is 364 g/mol. The third-order valence-corrected chi connectivity index (χ3v) is 4.43. The first-order valence-electron chi connectivity index (χ1n) is 8.44. The highest BCUT2D eigenvalue weighted by atomic mass is 28.2. The Kier molecular flexibility index (Phi) is 9.58. The molecule has 0 spiro atoms. The number of ether oxygens (including phenoxy) is 2. The first-order valence-corrected chi connectivity index (χ1v) is 9.26. The Morgan fingerprint density at radius 3 is 2.04 bits per heavy atom. The summed E-state index contributed by atoms with van der Waals surface area (Å²) >= 11 is 0. The third kappa shape index (κ3) is 6.55. The van der Waals surface area contributed by atoms with Crippen LogP contribution in [0.1, 0.15) is 51.5 Å². The molecule has 0 aliphatic rings. The molecule has 1 rings (SSSR count). The first kappa shape index (κ1) is 21.2. The Labute approximate surface area is 145 Å². The topological polar surface area (TPSA) is 27.7 Å². The minimum Gasteiger partial charge on any atom is -0.380 e. The SMILES string of the molecule is CCOC(CCCCCCc1cc(F)c(F)cc1F)(O[SiH3])OCC. The highest BCUT2D eigenvalue weighted by Gasteiger charge is 2.29. The van der Waals surface area contributed by atoms with Gasteiger partial charge in [0.05, 0.1) is 0 Å². The van der Waals surface area contributed by atoms with E-state index in [0.29, 0.717) is 49.0 Å². The molecule has 3 nitrogen and oxygen atoms in total. The minimum atomic E-state index is -1.15. The molecule has 24 heavy (non-hydrogen) atoms. The molecule has 1 aromatic carbocycles. The van der Waals surface area contributed by atoms with Gasteiger partial charge in [-0.05, 0) is 44.7 Å². The number of halogens is 3. The zero-order valence-electron chi connectivity index (χ0n) is 14.7. The van der Waals surface area contributed by atoms with Crippen molar-refractivity contribution in [1.82, 2.24) is 0 Å². The maximum Gasteiger partial charge on any atom is 0.272 e. The molecule has 0 aromatic heterocycles. The Bertz CT molecular complexity index is 494. The standard InChI is InChI=1S/C17H27F3O3Si/c1-3-21-17(23-24,22-4-2)10-8-6-5-7-9-13-11-15(19)16(20)12-14(13)18/h11-12H,3-10H2,1-2,24H3. The molecule has 0 heterocycles. The Hall–Kier alpha value is -0.893. The molecule has 0 atom stereocenters. The molecule has 0 aliphatic heterocycles. The van der Waals surface area contributed by atoms with E-state index >= 15 is 0 Å². The molecule has 0 aliphatic carbocycles. The summed E-state index contributed by atoms with van der Waals surface area (Å²) in [5, 5.41) is 0. The molecule has 7 heteroatoms. The van der Waals surface area contributed by atoms with Gasteiger partial charge in [-0.2, -0.15) is 0 Å². The summed E-state index contributed by atoms with van der Waals surface area (Å²) < 4.78 is 56.2. The van der Waals surface area contributed by atoms with Gasteiger partial charge in [0, 0.05) is 25.7 Å². The number of benzene rings is 1. The maximum absolute atomic E-state index is 13.5. The molecule has 1 aromatic rings. The maximum atomic E-state index is 13.5. The zero-order chi connectivity index (χ0) is 18.0. The predicted molar refractivity (Wildman–Crippen MR) is 90.1 cm³/mol. The zero-order valence-corrected chi connectivity index (χ0v) is 16.7. The fraction of sp³-hybridized carbons (Fsp3) is 0.647. The van der Waals surface area contributed by atoms with E-state index in [1.807, 2.05) is 13.8 Å². The molecule has 0 N–H and O–H groups in total. The van der Waals surface area contributed by atoms with Crippen molar-refractivity contribution >= 4 is 10.5 Å². The van der Waals surface area contributed by atoms with Crippen LogP contribution in [0.3, 0.4) is 0 Å². The van der Waals surface area contributed by atoms with Gasteiger partial charge in [0.2, 0.25) is 0 Å². The van der Waals surface area contributed by atoms with Crippen LogP contribution < -0.4 is 0 Å². The number of hydrogen-bond donors (Lipinski definition) is 0. The summed E-state index contributed by atoms with van der Waals surface area (Å²) in [4.78, 5) is 0. The lowest BCUT2D eigenvalue weighted by Crippen LogP contribution is -2.38.